The van der Waals surface area contributed by atoms with Crippen molar-refractivity contribution in [2.24, 2.45) is 4.99 Å². The summed E-state index contributed by atoms with van der Waals surface area (Å²) in [5.41, 5.74) is 1.60. The number of carbonyl (C=O) groups is 1. The summed E-state index contributed by atoms with van der Waals surface area (Å²) in [6, 6.07) is 13.1. The molecule has 0 unspecified atom stereocenters. The van der Waals surface area contributed by atoms with Crippen molar-refractivity contribution in [2.75, 3.05) is 37.4 Å². The van der Waals surface area contributed by atoms with Crippen LogP contribution in [0.3, 0.4) is 0 Å². The predicted molar refractivity (Wildman–Crippen MR) is 130 cm³/mol. The van der Waals surface area contributed by atoms with Gasteiger partial charge in [0.25, 0.3) is 0 Å². The van der Waals surface area contributed by atoms with Gasteiger partial charge in [0.15, 0.2) is 17.5 Å². The number of carbonyl (C=O) groups excluding carboxylic acids is 1. The average Bonchev–Trinajstić information content (AvgIpc) is 2.94. The fourth-order valence-corrected chi connectivity index (χ4v) is 2.87. The van der Waals surface area contributed by atoms with Crippen molar-refractivity contribution >= 4 is 63.1 Å². The third kappa shape index (κ3) is 7.39. The first-order valence-corrected chi connectivity index (χ1v) is 9.86. The molecule has 1 aliphatic rings. The molecular weight excluding hydrogens is 551 g/mol. The van der Waals surface area contributed by atoms with Gasteiger partial charge < -0.3 is 25.4 Å². The smallest absolute Gasteiger partial charge is 0.226 e. The maximum atomic E-state index is 12.1. The standard InChI is InChI=1S/C20H23BrN4O3.HI/c1-22-20(23-10-9-19(26)24-15-5-3-14(21)4-6-15)25-16-7-8-17-18(13-16)28-12-2-11-27-17;/h3-8,13H,2,9-12H2,1H3,(H,24,26)(H2,22,23,25);1H. The lowest BCUT2D eigenvalue weighted by molar-refractivity contribution is -0.116. The van der Waals surface area contributed by atoms with E-state index in [4.69, 9.17) is 9.47 Å². The van der Waals surface area contributed by atoms with Gasteiger partial charge in [-0.3, -0.25) is 9.79 Å². The number of nitrogens with zero attached hydrogens (tertiary/aromatic N) is 1. The lowest BCUT2D eigenvalue weighted by Gasteiger charge is -2.14. The van der Waals surface area contributed by atoms with Crippen LogP contribution in [-0.4, -0.2) is 38.7 Å². The molecule has 0 aromatic heterocycles. The third-order valence-electron chi connectivity index (χ3n) is 4.01. The molecule has 3 N–H and O–H groups in total. The van der Waals surface area contributed by atoms with Gasteiger partial charge >= 0.3 is 0 Å². The van der Waals surface area contributed by atoms with Crippen LogP contribution in [-0.2, 0) is 4.79 Å². The van der Waals surface area contributed by atoms with Crippen LogP contribution in [0.25, 0.3) is 0 Å². The zero-order valence-corrected chi connectivity index (χ0v) is 20.0. The number of hydrogen-bond donors (Lipinski definition) is 3. The van der Waals surface area contributed by atoms with E-state index in [-0.39, 0.29) is 29.9 Å². The summed E-state index contributed by atoms with van der Waals surface area (Å²) in [6.45, 7) is 1.74. The van der Waals surface area contributed by atoms with Gasteiger partial charge in [0.2, 0.25) is 5.91 Å². The molecule has 1 heterocycles. The number of fused-ring (bicyclic) bond motifs is 1. The Bertz CT molecular complexity index is 846. The SMILES string of the molecule is CN=C(NCCC(=O)Nc1ccc(Br)cc1)Nc1ccc2c(c1)OCCCO2.I. The molecule has 156 valence electrons. The normalized spacial score (nSPS) is 13.0. The van der Waals surface area contributed by atoms with E-state index >= 15 is 0 Å². The molecule has 0 atom stereocenters. The van der Waals surface area contributed by atoms with E-state index in [1.807, 2.05) is 42.5 Å². The highest BCUT2D eigenvalue weighted by atomic mass is 127. The zero-order chi connectivity index (χ0) is 19.8. The summed E-state index contributed by atoms with van der Waals surface area (Å²) < 4.78 is 12.3. The Morgan fingerprint density at radius 3 is 2.45 bits per heavy atom. The molecule has 0 radical (unpaired) electrons. The number of halogens is 2. The number of ether oxygens (including phenoxy) is 2. The van der Waals surface area contributed by atoms with Crippen LogP contribution in [0, 0.1) is 0 Å². The van der Waals surface area contributed by atoms with E-state index in [1.54, 1.807) is 7.05 Å². The summed E-state index contributed by atoms with van der Waals surface area (Å²) in [6.07, 6.45) is 1.18. The Hall–Kier alpha value is -2.01. The molecule has 0 saturated heterocycles. The minimum Gasteiger partial charge on any atom is -0.490 e. The van der Waals surface area contributed by atoms with Crippen LogP contribution in [0.2, 0.25) is 0 Å². The van der Waals surface area contributed by atoms with Crippen molar-refractivity contribution in [2.45, 2.75) is 12.8 Å². The van der Waals surface area contributed by atoms with E-state index < -0.39 is 0 Å². The van der Waals surface area contributed by atoms with Crippen LogP contribution in [0.1, 0.15) is 12.8 Å². The van der Waals surface area contributed by atoms with Gasteiger partial charge in [-0.1, -0.05) is 15.9 Å². The highest BCUT2D eigenvalue weighted by Crippen LogP contribution is 2.32. The minimum absolute atomic E-state index is 0. The van der Waals surface area contributed by atoms with E-state index in [2.05, 4.69) is 36.9 Å². The number of anilines is 2. The first-order chi connectivity index (χ1) is 13.6. The van der Waals surface area contributed by atoms with Gasteiger partial charge in [0, 0.05) is 48.3 Å². The molecule has 1 aliphatic heterocycles. The number of aliphatic imine (C=N–C) groups is 1. The summed E-state index contributed by atoms with van der Waals surface area (Å²) in [4.78, 5) is 16.3. The second-order valence-electron chi connectivity index (χ2n) is 6.14. The molecule has 9 heteroatoms. The third-order valence-corrected chi connectivity index (χ3v) is 4.54. The lowest BCUT2D eigenvalue weighted by atomic mass is 10.2. The Morgan fingerprint density at radius 2 is 1.72 bits per heavy atom. The lowest BCUT2D eigenvalue weighted by Crippen LogP contribution is -2.33. The van der Waals surface area contributed by atoms with Gasteiger partial charge in [-0.15, -0.1) is 24.0 Å². The molecule has 0 bridgehead atoms. The quantitative estimate of drug-likeness (QED) is 0.283. The van der Waals surface area contributed by atoms with Crippen LogP contribution in [0.15, 0.2) is 51.9 Å². The van der Waals surface area contributed by atoms with Crippen LogP contribution in [0.4, 0.5) is 11.4 Å². The maximum Gasteiger partial charge on any atom is 0.226 e. The van der Waals surface area contributed by atoms with Gasteiger partial charge in [-0.05, 0) is 36.4 Å². The molecule has 2 aromatic rings. The van der Waals surface area contributed by atoms with Gasteiger partial charge in [0.1, 0.15) is 0 Å². The molecule has 0 fully saturated rings. The number of rotatable bonds is 5. The van der Waals surface area contributed by atoms with Crippen LogP contribution < -0.4 is 25.4 Å². The first-order valence-electron chi connectivity index (χ1n) is 9.07. The minimum atomic E-state index is -0.0687. The molecule has 7 nitrogen and oxygen atoms in total. The molecule has 2 aromatic carbocycles. The van der Waals surface area contributed by atoms with Gasteiger partial charge in [-0.25, -0.2) is 0 Å². The van der Waals surface area contributed by atoms with Crippen LogP contribution in [0.5, 0.6) is 11.5 Å². The number of nitrogens with one attached hydrogen (secondary N) is 3. The number of benzene rings is 2. The number of hydrogen-bond acceptors (Lipinski definition) is 4. The Balaban J connectivity index is 0.00000300. The van der Waals surface area contributed by atoms with Gasteiger partial charge in [0.05, 0.1) is 13.2 Å². The summed E-state index contributed by atoms with van der Waals surface area (Å²) in [7, 11) is 1.68. The molecule has 0 spiro atoms. The summed E-state index contributed by atoms with van der Waals surface area (Å²) in [5.74, 6) is 1.97. The number of guanidine groups is 1. The molecule has 0 saturated carbocycles. The van der Waals surface area contributed by atoms with E-state index in [0.717, 1.165) is 28.0 Å². The molecule has 29 heavy (non-hydrogen) atoms. The Kier molecular flexibility index (Phi) is 9.52. The largest absolute Gasteiger partial charge is 0.490 e. The van der Waals surface area contributed by atoms with Crippen molar-refractivity contribution in [1.82, 2.24) is 5.32 Å². The van der Waals surface area contributed by atoms with Crippen molar-refractivity contribution in [3.05, 3.63) is 46.9 Å². The van der Waals surface area contributed by atoms with Crippen molar-refractivity contribution in [3.63, 3.8) is 0 Å². The summed E-state index contributed by atoms with van der Waals surface area (Å²) in [5, 5.41) is 9.19. The molecule has 3 rings (SSSR count). The first kappa shape index (κ1) is 23.3. The van der Waals surface area contributed by atoms with E-state index in [1.165, 1.54) is 0 Å². The fraction of sp³-hybridized carbons (Fsp3) is 0.300. The highest BCUT2D eigenvalue weighted by molar-refractivity contribution is 14.0. The maximum absolute atomic E-state index is 12.1. The fourth-order valence-electron chi connectivity index (χ4n) is 2.61. The summed E-state index contributed by atoms with van der Waals surface area (Å²) >= 11 is 3.37. The average molecular weight is 575 g/mol. The van der Waals surface area contributed by atoms with Crippen molar-refractivity contribution < 1.29 is 14.3 Å². The molecule has 1 amide bonds. The van der Waals surface area contributed by atoms with Crippen molar-refractivity contribution in [1.29, 1.82) is 0 Å². The van der Waals surface area contributed by atoms with E-state index in [9.17, 15) is 4.79 Å². The van der Waals surface area contributed by atoms with Crippen LogP contribution >= 0.6 is 39.9 Å². The Morgan fingerprint density at radius 1 is 1.03 bits per heavy atom. The molecule has 0 aliphatic carbocycles. The second kappa shape index (κ2) is 11.9. The van der Waals surface area contributed by atoms with Crippen molar-refractivity contribution in [3.8, 4) is 11.5 Å². The van der Waals surface area contributed by atoms with E-state index in [0.29, 0.717) is 37.9 Å². The predicted octanol–water partition coefficient (Wildman–Crippen LogP) is 4.24. The monoisotopic (exact) mass is 574 g/mol. The zero-order valence-electron chi connectivity index (χ0n) is 16.0. The molecular formula is C20H24BrIN4O3. The Labute approximate surface area is 195 Å². The second-order valence-corrected chi connectivity index (χ2v) is 7.06. The van der Waals surface area contributed by atoms with Gasteiger partial charge in [-0.2, -0.15) is 0 Å². The number of amides is 1. The topological polar surface area (TPSA) is 84.0 Å². The highest BCUT2D eigenvalue weighted by Gasteiger charge is 2.11.